The molecule has 1 aliphatic rings. The van der Waals surface area contributed by atoms with E-state index in [1.54, 1.807) is 0 Å². The second-order valence-corrected chi connectivity index (χ2v) is 3.61. The maximum absolute atomic E-state index is 5.18. The van der Waals surface area contributed by atoms with Crippen LogP contribution in [0.2, 0.25) is 0 Å². The van der Waals surface area contributed by atoms with Crippen molar-refractivity contribution in [2.24, 2.45) is 0 Å². The third kappa shape index (κ3) is 1.01. The highest BCUT2D eigenvalue weighted by molar-refractivity contribution is 7.80. The zero-order chi connectivity index (χ0) is 8.72. The third-order valence-corrected chi connectivity index (χ3v) is 2.39. The average Bonchev–Trinajstić information content (AvgIpc) is 2.33. The van der Waals surface area contributed by atoms with Crippen molar-refractivity contribution >= 4 is 17.2 Å². The maximum atomic E-state index is 5.18. The van der Waals surface area contributed by atoms with Crippen LogP contribution in [-0.2, 0) is 6.42 Å². The lowest BCUT2D eigenvalue weighted by Crippen LogP contribution is -2.17. The Labute approximate surface area is 76.9 Å². The summed E-state index contributed by atoms with van der Waals surface area (Å²) in [6.45, 7) is 4.17. The van der Waals surface area contributed by atoms with Crippen LogP contribution in [0.1, 0.15) is 18.2 Å². The monoisotopic (exact) mass is 178 g/mol. The molecule has 0 saturated heterocycles. The summed E-state index contributed by atoms with van der Waals surface area (Å²) >= 11 is 5.18. The highest BCUT2D eigenvalue weighted by atomic mass is 32.1. The Kier molecular flexibility index (Phi) is 1.61. The van der Waals surface area contributed by atoms with E-state index in [-0.39, 0.29) is 0 Å². The van der Waals surface area contributed by atoms with E-state index in [4.69, 9.17) is 12.2 Å². The molecule has 0 radical (unpaired) electrons. The Morgan fingerprint density at radius 3 is 3.00 bits per heavy atom. The lowest BCUT2D eigenvalue weighted by molar-refractivity contribution is 0.859. The first-order chi connectivity index (χ1) is 5.68. The molecule has 0 atom stereocenters. The van der Waals surface area contributed by atoms with Crippen LogP contribution in [0.25, 0.3) is 0 Å². The maximum Gasteiger partial charge on any atom is 0.127 e. The molecule has 0 amide bonds. The van der Waals surface area contributed by atoms with Gasteiger partial charge in [-0.25, -0.2) is 4.68 Å². The van der Waals surface area contributed by atoms with Gasteiger partial charge >= 0.3 is 0 Å². The van der Waals surface area contributed by atoms with Crippen molar-refractivity contribution in [2.75, 3.05) is 0 Å². The van der Waals surface area contributed by atoms with Gasteiger partial charge in [-0.3, -0.25) is 0 Å². The van der Waals surface area contributed by atoms with Crippen LogP contribution in [0.15, 0.2) is 17.8 Å². The first kappa shape index (κ1) is 7.68. The van der Waals surface area contributed by atoms with Crippen molar-refractivity contribution in [3.8, 4) is 0 Å². The number of aryl methyl sites for hydroxylation is 1. The predicted molar refractivity (Wildman–Crippen MR) is 52.4 cm³/mol. The fourth-order valence-electron chi connectivity index (χ4n) is 1.45. The molecular formula is C9H10N2S. The van der Waals surface area contributed by atoms with Gasteiger partial charge in [0.05, 0.1) is 11.9 Å². The molecule has 2 nitrogen and oxygen atoms in total. The van der Waals surface area contributed by atoms with Crippen LogP contribution in [0.5, 0.6) is 0 Å². The summed E-state index contributed by atoms with van der Waals surface area (Å²) in [6.07, 6.45) is 4.86. The Morgan fingerprint density at radius 1 is 1.50 bits per heavy atom. The van der Waals surface area contributed by atoms with Gasteiger partial charge in [-0.1, -0.05) is 17.8 Å². The number of thiocarbonyl (C=S) groups is 1. The number of nitrogens with zero attached hydrogens (tertiary/aromatic N) is 2. The molecule has 3 heteroatoms. The molecule has 0 unspecified atom stereocenters. The van der Waals surface area contributed by atoms with Crippen LogP contribution in [-0.4, -0.2) is 14.8 Å². The zero-order valence-corrected chi connectivity index (χ0v) is 7.98. The van der Waals surface area contributed by atoms with Gasteiger partial charge in [0.25, 0.3) is 0 Å². The molecule has 62 valence electrons. The van der Waals surface area contributed by atoms with E-state index in [0.717, 1.165) is 11.4 Å². The normalized spacial score (nSPS) is 15.8. The van der Waals surface area contributed by atoms with Crippen molar-refractivity contribution in [1.29, 1.82) is 0 Å². The SMILES string of the molecule is CC1=CC(=S)n2ncc(C)c2C1. The Morgan fingerprint density at radius 2 is 2.25 bits per heavy atom. The van der Waals surface area contributed by atoms with E-state index in [1.165, 1.54) is 16.8 Å². The highest BCUT2D eigenvalue weighted by Gasteiger charge is 2.14. The fraction of sp³-hybridized carbons (Fsp3) is 0.333. The van der Waals surface area contributed by atoms with E-state index in [1.807, 2.05) is 17.0 Å². The molecule has 2 heterocycles. The number of hydrogen-bond donors (Lipinski definition) is 0. The molecule has 0 N–H and O–H groups in total. The van der Waals surface area contributed by atoms with Gasteiger partial charge in [0.15, 0.2) is 0 Å². The summed E-state index contributed by atoms with van der Waals surface area (Å²) < 4.78 is 1.84. The zero-order valence-electron chi connectivity index (χ0n) is 7.16. The largest absolute Gasteiger partial charge is 0.226 e. The number of hydrogen-bond acceptors (Lipinski definition) is 2. The highest BCUT2D eigenvalue weighted by Crippen LogP contribution is 2.17. The summed E-state index contributed by atoms with van der Waals surface area (Å²) in [7, 11) is 0. The summed E-state index contributed by atoms with van der Waals surface area (Å²) in [6, 6.07) is 0. The Bertz CT molecular complexity index is 374. The first-order valence-electron chi connectivity index (χ1n) is 3.93. The molecule has 1 aromatic heterocycles. The van der Waals surface area contributed by atoms with Crippen molar-refractivity contribution < 1.29 is 0 Å². The summed E-state index contributed by atoms with van der Waals surface area (Å²) in [4.78, 5) is 0.807. The van der Waals surface area contributed by atoms with Crippen LogP contribution in [0.3, 0.4) is 0 Å². The van der Waals surface area contributed by atoms with Crippen LogP contribution in [0, 0.1) is 6.92 Å². The van der Waals surface area contributed by atoms with Gasteiger partial charge in [-0.05, 0) is 25.5 Å². The number of allylic oxidation sites excluding steroid dienone is 2. The Hall–Kier alpha value is -0.960. The lowest BCUT2D eigenvalue weighted by atomic mass is 10.1. The Balaban J connectivity index is 2.58. The standard InChI is InChI=1S/C9H10N2S/c1-6-3-8-7(2)5-10-11(8)9(12)4-6/h4-5H,3H2,1-2H3. The average molecular weight is 178 g/mol. The molecule has 2 rings (SSSR count). The van der Waals surface area contributed by atoms with Gasteiger partial charge in [-0.2, -0.15) is 5.10 Å². The second-order valence-electron chi connectivity index (χ2n) is 3.19. The molecule has 1 aromatic rings. The minimum Gasteiger partial charge on any atom is -0.226 e. The van der Waals surface area contributed by atoms with E-state index >= 15 is 0 Å². The van der Waals surface area contributed by atoms with Gasteiger partial charge < -0.3 is 0 Å². The third-order valence-electron chi connectivity index (χ3n) is 2.10. The second kappa shape index (κ2) is 2.52. The van der Waals surface area contributed by atoms with Gasteiger partial charge in [0.2, 0.25) is 0 Å². The van der Waals surface area contributed by atoms with Crippen molar-refractivity contribution in [3.63, 3.8) is 0 Å². The molecule has 0 bridgehead atoms. The molecule has 0 spiro atoms. The summed E-state index contributed by atoms with van der Waals surface area (Å²) in [5.74, 6) is 0. The molecule has 0 fully saturated rings. The number of rotatable bonds is 0. The fourth-order valence-corrected chi connectivity index (χ4v) is 1.81. The van der Waals surface area contributed by atoms with Gasteiger partial charge in [0, 0.05) is 6.42 Å². The molecule has 0 saturated carbocycles. The lowest BCUT2D eigenvalue weighted by Gasteiger charge is -2.13. The summed E-state index contributed by atoms with van der Waals surface area (Å²) in [5, 5.41) is 4.20. The van der Waals surface area contributed by atoms with Gasteiger partial charge in [-0.15, -0.1) is 0 Å². The van der Waals surface area contributed by atoms with E-state index in [9.17, 15) is 0 Å². The van der Waals surface area contributed by atoms with Crippen LogP contribution >= 0.6 is 12.2 Å². The molecule has 0 aromatic carbocycles. The minimum absolute atomic E-state index is 0.807. The predicted octanol–water partition coefficient (Wildman–Crippen LogP) is 1.87. The van der Waals surface area contributed by atoms with Crippen molar-refractivity contribution in [2.45, 2.75) is 20.3 Å². The van der Waals surface area contributed by atoms with Gasteiger partial charge in [0.1, 0.15) is 4.99 Å². The van der Waals surface area contributed by atoms with E-state index in [0.29, 0.717) is 0 Å². The van der Waals surface area contributed by atoms with E-state index in [2.05, 4.69) is 18.9 Å². The number of fused-ring (bicyclic) bond motifs is 1. The molecule has 1 aliphatic heterocycles. The number of aromatic nitrogens is 2. The van der Waals surface area contributed by atoms with Crippen molar-refractivity contribution in [1.82, 2.24) is 9.78 Å². The quantitative estimate of drug-likeness (QED) is 0.564. The molecular weight excluding hydrogens is 168 g/mol. The first-order valence-corrected chi connectivity index (χ1v) is 4.34. The van der Waals surface area contributed by atoms with Crippen LogP contribution in [0.4, 0.5) is 0 Å². The minimum atomic E-state index is 0.807. The van der Waals surface area contributed by atoms with Crippen LogP contribution < -0.4 is 0 Å². The van der Waals surface area contributed by atoms with E-state index < -0.39 is 0 Å². The summed E-state index contributed by atoms with van der Waals surface area (Å²) in [5.41, 5.74) is 3.78. The van der Waals surface area contributed by atoms with Crippen molar-refractivity contribution in [3.05, 3.63) is 29.1 Å². The molecule has 0 aliphatic carbocycles. The molecule has 12 heavy (non-hydrogen) atoms. The topological polar surface area (TPSA) is 17.8 Å². The smallest absolute Gasteiger partial charge is 0.127 e.